The van der Waals surface area contributed by atoms with Gasteiger partial charge in [0.2, 0.25) is 0 Å². The topological polar surface area (TPSA) is 20.2 Å². The summed E-state index contributed by atoms with van der Waals surface area (Å²) in [6.07, 6.45) is 0.621. The average molecular weight is 214 g/mol. The van der Waals surface area contributed by atoms with Gasteiger partial charge in [-0.05, 0) is 30.9 Å². The van der Waals surface area contributed by atoms with Gasteiger partial charge in [-0.15, -0.1) is 0 Å². The lowest BCUT2D eigenvalue weighted by Crippen LogP contribution is -2.21. The van der Waals surface area contributed by atoms with E-state index in [2.05, 4.69) is 25.7 Å². The summed E-state index contributed by atoms with van der Waals surface area (Å²) in [6.45, 7) is 6.17. The quantitative estimate of drug-likeness (QED) is 0.713. The van der Waals surface area contributed by atoms with E-state index in [0.29, 0.717) is 0 Å². The van der Waals surface area contributed by atoms with E-state index in [4.69, 9.17) is 0 Å². The molecule has 1 aliphatic rings. The SMILES string of the molecule is CC(O)C1(C#Cc2ccccc2)CC1(C)C. The molecule has 1 fully saturated rings. The molecule has 0 amide bonds. The van der Waals surface area contributed by atoms with E-state index >= 15 is 0 Å². The monoisotopic (exact) mass is 214 g/mol. The van der Waals surface area contributed by atoms with E-state index in [1.54, 1.807) is 0 Å². The Balaban J connectivity index is 2.25. The van der Waals surface area contributed by atoms with Gasteiger partial charge in [0.25, 0.3) is 0 Å². The van der Waals surface area contributed by atoms with Crippen LogP contribution in [0.3, 0.4) is 0 Å². The van der Waals surface area contributed by atoms with E-state index in [1.165, 1.54) is 0 Å². The van der Waals surface area contributed by atoms with Crippen molar-refractivity contribution in [3.8, 4) is 11.8 Å². The predicted octanol–water partition coefficient (Wildman–Crippen LogP) is 2.84. The van der Waals surface area contributed by atoms with Gasteiger partial charge in [0.1, 0.15) is 0 Å². The Morgan fingerprint density at radius 3 is 2.25 bits per heavy atom. The number of hydrogen-bond acceptors (Lipinski definition) is 1. The fraction of sp³-hybridized carbons (Fsp3) is 0.467. The van der Waals surface area contributed by atoms with Crippen LogP contribution in [-0.4, -0.2) is 11.2 Å². The maximum atomic E-state index is 9.85. The second-order valence-corrected chi connectivity index (χ2v) is 5.32. The molecular formula is C15H18O. The Morgan fingerprint density at radius 2 is 1.81 bits per heavy atom. The van der Waals surface area contributed by atoms with Crippen LogP contribution in [0.4, 0.5) is 0 Å². The molecule has 84 valence electrons. The van der Waals surface area contributed by atoms with Crippen LogP contribution in [0.2, 0.25) is 0 Å². The fourth-order valence-corrected chi connectivity index (χ4v) is 2.39. The molecule has 1 saturated carbocycles. The van der Waals surface area contributed by atoms with Gasteiger partial charge in [-0.2, -0.15) is 0 Å². The van der Waals surface area contributed by atoms with Crippen molar-refractivity contribution in [2.75, 3.05) is 0 Å². The van der Waals surface area contributed by atoms with Gasteiger partial charge in [-0.3, -0.25) is 0 Å². The highest BCUT2D eigenvalue weighted by molar-refractivity contribution is 5.39. The molecule has 1 aliphatic carbocycles. The highest BCUT2D eigenvalue weighted by Gasteiger charge is 2.63. The summed E-state index contributed by atoms with van der Waals surface area (Å²) in [4.78, 5) is 0. The third-order valence-electron chi connectivity index (χ3n) is 3.72. The van der Waals surface area contributed by atoms with E-state index < -0.39 is 0 Å². The van der Waals surface area contributed by atoms with Crippen molar-refractivity contribution >= 4 is 0 Å². The normalized spacial score (nSPS) is 27.8. The minimum absolute atomic E-state index is 0.142. The molecule has 2 atom stereocenters. The predicted molar refractivity (Wildman–Crippen MR) is 65.8 cm³/mol. The molecule has 2 rings (SSSR count). The first-order valence-corrected chi connectivity index (χ1v) is 5.74. The van der Waals surface area contributed by atoms with Crippen LogP contribution >= 0.6 is 0 Å². The van der Waals surface area contributed by atoms with E-state index in [1.807, 2.05) is 37.3 Å². The molecule has 0 saturated heterocycles. The number of hydrogen-bond donors (Lipinski definition) is 1. The fourth-order valence-electron chi connectivity index (χ4n) is 2.39. The third-order valence-corrected chi connectivity index (χ3v) is 3.72. The van der Waals surface area contributed by atoms with Crippen LogP contribution in [0.15, 0.2) is 30.3 Å². The van der Waals surface area contributed by atoms with Crippen LogP contribution in [0, 0.1) is 22.7 Å². The molecule has 1 N–H and O–H groups in total. The molecule has 0 aromatic heterocycles. The maximum Gasteiger partial charge on any atom is 0.0683 e. The molecule has 0 bridgehead atoms. The molecule has 2 unspecified atom stereocenters. The second kappa shape index (κ2) is 3.64. The molecule has 1 nitrogen and oxygen atoms in total. The Hall–Kier alpha value is -1.26. The minimum Gasteiger partial charge on any atom is -0.392 e. The zero-order valence-electron chi connectivity index (χ0n) is 10.1. The molecular weight excluding hydrogens is 196 g/mol. The third kappa shape index (κ3) is 1.74. The zero-order chi connectivity index (χ0) is 11.8. The summed E-state index contributed by atoms with van der Waals surface area (Å²) in [5.41, 5.74) is 0.955. The molecule has 1 aromatic rings. The molecule has 0 radical (unpaired) electrons. The minimum atomic E-state index is -0.362. The van der Waals surface area contributed by atoms with Gasteiger partial charge in [0, 0.05) is 5.56 Å². The van der Waals surface area contributed by atoms with Crippen molar-refractivity contribution < 1.29 is 5.11 Å². The molecule has 0 spiro atoms. The lowest BCUT2D eigenvalue weighted by Gasteiger charge is -2.17. The first-order valence-electron chi connectivity index (χ1n) is 5.74. The first-order chi connectivity index (χ1) is 7.48. The first kappa shape index (κ1) is 11.2. The van der Waals surface area contributed by atoms with Crippen LogP contribution in [0.1, 0.15) is 32.8 Å². The van der Waals surface area contributed by atoms with Crippen molar-refractivity contribution in [3.05, 3.63) is 35.9 Å². The number of benzene rings is 1. The summed E-state index contributed by atoms with van der Waals surface area (Å²) in [6, 6.07) is 9.95. The van der Waals surface area contributed by atoms with Crippen molar-refractivity contribution in [2.24, 2.45) is 10.8 Å². The molecule has 1 aromatic carbocycles. The van der Waals surface area contributed by atoms with Crippen molar-refractivity contribution in [2.45, 2.75) is 33.3 Å². The molecule has 1 heteroatoms. The summed E-state index contributed by atoms with van der Waals surface area (Å²) in [5.74, 6) is 6.45. The van der Waals surface area contributed by atoms with Crippen LogP contribution < -0.4 is 0 Å². The Kier molecular flexibility index (Phi) is 2.56. The zero-order valence-corrected chi connectivity index (χ0v) is 10.1. The standard InChI is InChI=1S/C15H18O/c1-12(16)15(11-14(15,2)3)10-9-13-7-5-4-6-8-13/h4-8,12,16H,11H2,1-3H3. The molecule has 0 heterocycles. The van der Waals surface area contributed by atoms with Gasteiger partial charge in [0.05, 0.1) is 11.5 Å². The summed E-state index contributed by atoms with van der Waals surface area (Å²) >= 11 is 0. The summed E-state index contributed by atoms with van der Waals surface area (Å²) in [7, 11) is 0. The lowest BCUT2D eigenvalue weighted by atomic mass is 9.91. The van der Waals surface area contributed by atoms with E-state index in [0.717, 1.165) is 12.0 Å². The second-order valence-electron chi connectivity index (χ2n) is 5.32. The molecule has 0 aliphatic heterocycles. The van der Waals surface area contributed by atoms with E-state index in [9.17, 15) is 5.11 Å². The summed E-state index contributed by atoms with van der Waals surface area (Å²) < 4.78 is 0. The van der Waals surface area contributed by atoms with Gasteiger partial charge >= 0.3 is 0 Å². The number of aliphatic hydroxyl groups excluding tert-OH is 1. The maximum absolute atomic E-state index is 9.85. The summed E-state index contributed by atoms with van der Waals surface area (Å²) in [5, 5.41) is 9.85. The Labute approximate surface area is 97.5 Å². The lowest BCUT2D eigenvalue weighted by molar-refractivity contribution is 0.121. The average Bonchev–Trinajstić information content (AvgIpc) is 2.81. The van der Waals surface area contributed by atoms with Crippen molar-refractivity contribution in [1.82, 2.24) is 0 Å². The number of rotatable bonds is 1. The van der Waals surface area contributed by atoms with Crippen molar-refractivity contribution in [1.29, 1.82) is 0 Å². The van der Waals surface area contributed by atoms with Crippen LogP contribution in [0.5, 0.6) is 0 Å². The van der Waals surface area contributed by atoms with Gasteiger partial charge in [-0.1, -0.05) is 43.9 Å². The van der Waals surface area contributed by atoms with E-state index in [-0.39, 0.29) is 16.9 Å². The van der Waals surface area contributed by atoms with Gasteiger partial charge in [-0.25, -0.2) is 0 Å². The highest BCUT2D eigenvalue weighted by Crippen LogP contribution is 2.65. The van der Waals surface area contributed by atoms with Crippen LogP contribution in [0.25, 0.3) is 0 Å². The largest absolute Gasteiger partial charge is 0.392 e. The smallest absolute Gasteiger partial charge is 0.0683 e. The van der Waals surface area contributed by atoms with Crippen molar-refractivity contribution in [3.63, 3.8) is 0 Å². The van der Waals surface area contributed by atoms with Gasteiger partial charge < -0.3 is 5.11 Å². The number of aliphatic hydroxyl groups is 1. The van der Waals surface area contributed by atoms with Gasteiger partial charge in [0.15, 0.2) is 0 Å². The Morgan fingerprint density at radius 1 is 1.25 bits per heavy atom. The Bertz CT molecular complexity index is 433. The highest BCUT2D eigenvalue weighted by atomic mass is 16.3. The van der Waals surface area contributed by atoms with Crippen LogP contribution in [-0.2, 0) is 0 Å². The molecule has 16 heavy (non-hydrogen) atoms.